The van der Waals surface area contributed by atoms with Crippen molar-refractivity contribution in [2.24, 2.45) is 12.5 Å². The molecule has 0 N–H and O–H groups in total. The molecule has 18 heavy (non-hydrogen) atoms. The number of aromatic nitrogens is 1. The molecule has 3 nitrogen and oxygen atoms in total. The smallest absolute Gasteiger partial charge is 0.270 e. The largest absolute Gasteiger partial charge is 0.345 e. The van der Waals surface area contributed by atoms with Crippen molar-refractivity contribution in [1.82, 2.24) is 9.47 Å². The highest BCUT2D eigenvalue weighted by Gasteiger charge is 2.31. The molecule has 100 valence electrons. The molecule has 0 saturated carbocycles. The third-order valence-corrected chi connectivity index (χ3v) is 4.74. The van der Waals surface area contributed by atoms with E-state index in [4.69, 9.17) is 0 Å². The number of likely N-dealkylation sites (tertiary alicyclic amines) is 1. The number of hydrogen-bond donors (Lipinski definition) is 0. The van der Waals surface area contributed by atoms with Crippen molar-refractivity contribution in [3.8, 4) is 0 Å². The molecular weight excluding hydrogens is 292 g/mol. The van der Waals surface area contributed by atoms with Crippen molar-refractivity contribution in [3.05, 3.63) is 22.4 Å². The first kappa shape index (κ1) is 13.7. The molecule has 2 heterocycles. The molecule has 0 radical (unpaired) electrons. The zero-order valence-electron chi connectivity index (χ0n) is 11.4. The Morgan fingerprint density at radius 2 is 2.06 bits per heavy atom. The van der Waals surface area contributed by atoms with E-state index in [0.717, 1.165) is 36.1 Å². The molecule has 1 aliphatic rings. The van der Waals surface area contributed by atoms with Crippen LogP contribution < -0.4 is 0 Å². The van der Waals surface area contributed by atoms with Gasteiger partial charge in [-0.2, -0.15) is 0 Å². The molecule has 4 heteroatoms. The Bertz CT molecular complexity index is 445. The number of carbonyl (C=O) groups is 1. The normalized spacial score (nSPS) is 19.0. The summed E-state index contributed by atoms with van der Waals surface area (Å²) in [4.78, 5) is 14.4. The van der Waals surface area contributed by atoms with Crippen LogP contribution in [0.3, 0.4) is 0 Å². The quantitative estimate of drug-likeness (QED) is 0.821. The van der Waals surface area contributed by atoms with Crippen LogP contribution in [0.1, 0.15) is 43.6 Å². The first-order valence-corrected chi connectivity index (χ1v) is 7.35. The van der Waals surface area contributed by atoms with E-state index in [9.17, 15) is 4.79 Å². The average molecular weight is 313 g/mol. The first-order valence-electron chi connectivity index (χ1n) is 6.56. The number of piperidine rings is 1. The predicted molar refractivity (Wildman–Crippen MR) is 76.6 cm³/mol. The zero-order chi connectivity index (χ0) is 13.3. The number of aryl methyl sites for hydroxylation is 1. The van der Waals surface area contributed by atoms with Crippen molar-refractivity contribution in [2.45, 2.75) is 33.1 Å². The summed E-state index contributed by atoms with van der Waals surface area (Å²) >= 11 is 3.41. The lowest BCUT2D eigenvalue weighted by Gasteiger charge is -2.38. The Kier molecular flexibility index (Phi) is 3.85. The molecule has 2 rings (SSSR count). The van der Waals surface area contributed by atoms with Crippen LogP contribution in [0, 0.1) is 5.41 Å². The van der Waals surface area contributed by atoms with E-state index in [1.54, 1.807) is 0 Å². The van der Waals surface area contributed by atoms with Gasteiger partial charge in [0.2, 0.25) is 0 Å². The van der Waals surface area contributed by atoms with Crippen LogP contribution in [0.2, 0.25) is 0 Å². The second kappa shape index (κ2) is 5.08. The maximum absolute atomic E-state index is 12.4. The first-order chi connectivity index (χ1) is 8.45. The van der Waals surface area contributed by atoms with Crippen molar-refractivity contribution >= 4 is 21.8 Å². The highest BCUT2D eigenvalue weighted by molar-refractivity contribution is 9.10. The van der Waals surface area contributed by atoms with Crippen LogP contribution in [-0.4, -0.2) is 28.5 Å². The van der Waals surface area contributed by atoms with Gasteiger partial charge >= 0.3 is 0 Å². The number of rotatable bonds is 2. The van der Waals surface area contributed by atoms with Gasteiger partial charge < -0.3 is 9.47 Å². The van der Waals surface area contributed by atoms with E-state index in [0.29, 0.717) is 5.41 Å². The number of nitrogens with zero attached hydrogens (tertiary/aromatic N) is 2. The maximum atomic E-state index is 12.4. The van der Waals surface area contributed by atoms with Gasteiger partial charge in [0.1, 0.15) is 5.69 Å². The fraction of sp³-hybridized carbons (Fsp3) is 0.643. The Hall–Kier alpha value is -0.770. The van der Waals surface area contributed by atoms with E-state index < -0.39 is 0 Å². The predicted octanol–water partition coefficient (Wildman–Crippen LogP) is 3.44. The second-order valence-corrected chi connectivity index (χ2v) is 6.53. The molecule has 0 bridgehead atoms. The summed E-state index contributed by atoms with van der Waals surface area (Å²) in [6.45, 7) is 6.33. The van der Waals surface area contributed by atoms with Gasteiger partial charge in [0.05, 0.1) is 0 Å². The fourth-order valence-corrected chi connectivity index (χ4v) is 3.03. The molecule has 1 aliphatic heterocycles. The molecular formula is C14H21BrN2O. The highest BCUT2D eigenvalue weighted by atomic mass is 79.9. The van der Waals surface area contributed by atoms with Crippen molar-refractivity contribution < 1.29 is 4.79 Å². The minimum absolute atomic E-state index is 0.154. The third kappa shape index (κ3) is 2.63. The lowest BCUT2D eigenvalue weighted by atomic mass is 9.78. The van der Waals surface area contributed by atoms with Crippen molar-refractivity contribution in [3.63, 3.8) is 0 Å². The topological polar surface area (TPSA) is 25.2 Å². The van der Waals surface area contributed by atoms with E-state index in [1.807, 2.05) is 28.8 Å². The molecule has 0 unspecified atom stereocenters. The molecule has 1 saturated heterocycles. The SMILES string of the molecule is CCC1(C)CCN(C(=O)c2cc(Br)cn2C)CC1. The summed E-state index contributed by atoms with van der Waals surface area (Å²) in [5, 5.41) is 0. The van der Waals surface area contributed by atoms with Gasteiger partial charge in [0, 0.05) is 30.8 Å². The van der Waals surface area contributed by atoms with Crippen LogP contribution in [0.25, 0.3) is 0 Å². The molecule has 1 aromatic heterocycles. The summed E-state index contributed by atoms with van der Waals surface area (Å²) in [6, 6.07) is 1.90. The molecule has 0 aliphatic carbocycles. The minimum atomic E-state index is 0.154. The number of amides is 1. The fourth-order valence-electron chi connectivity index (χ4n) is 2.50. The Morgan fingerprint density at radius 3 is 2.50 bits per heavy atom. The number of hydrogen-bond acceptors (Lipinski definition) is 1. The van der Waals surface area contributed by atoms with E-state index in [2.05, 4.69) is 29.8 Å². The van der Waals surface area contributed by atoms with Crippen LogP contribution in [0.4, 0.5) is 0 Å². The number of halogens is 1. The van der Waals surface area contributed by atoms with Gasteiger partial charge in [-0.25, -0.2) is 0 Å². The maximum Gasteiger partial charge on any atom is 0.270 e. The Balaban J connectivity index is 2.06. The summed E-state index contributed by atoms with van der Waals surface area (Å²) in [5.74, 6) is 0.154. The van der Waals surface area contributed by atoms with Gasteiger partial charge in [-0.1, -0.05) is 20.3 Å². The van der Waals surface area contributed by atoms with Gasteiger partial charge in [0.15, 0.2) is 0 Å². The van der Waals surface area contributed by atoms with E-state index in [-0.39, 0.29) is 5.91 Å². The van der Waals surface area contributed by atoms with Gasteiger partial charge in [-0.05, 0) is 40.3 Å². The zero-order valence-corrected chi connectivity index (χ0v) is 13.0. The summed E-state index contributed by atoms with van der Waals surface area (Å²) in [7, 11) is 1.91. The molecule has 1 aromatic rings. The Morgan fingerprint density at radius 1 is 1.44 bits per heavy atom. The Labute approximate surface area is 117 Å². The average Bonchev–Trinajstić information content (AvgIpc) is 2.69. The van der Waals surface area contributed by atoms with Crippen LogP contribution in [-0.2, 0) is 7.05 Å². The highest BCUT2D eigenvalue weighted by Crippen LogP contribution is 2.34. The van der Waals surface area contributed by atoms with Gasteiger partial charge in [-0.15, -0.1) is 0 Å². The van der Waals surface area contributed by atoms with Crippen molar-refractivity contribution in [1.29, 1.82) is 0 Å². The molecule has 0 aromatic carbocycles. The monoisotopic (exact) mass is 312 g/mol. The van der Waals surface area contributed by atoms with Crippen molar-refractivity contribution in [2.75, 3.05) is 13.1 Å². The lowest BCUT2D eigenvalue weighted by molar-refractivity contribution is 0.0591. The van der Waals surface area contributed by atoms with Crippen LogP contribution >= 0.6 is 15.9 Å². The summed E-state index contributed by atoms with van der Waals surface area (Å²) < 4.78 is 2.85. The molecule has 0 spiro atoms. The molecule has 1 fully saturated rings. The van der Waals surface area contributed by atoms with Gasteiger partial charge in [-0.3, -0.25) is 4.79 Å². The van der Waals surface area contributed by atoms with Crippen LogP contribution in [0.5, 0.6) is 0 Å². The summed E-state index contributed by atoms with van der Waals surface area (Å²) in [6.07, 6.45) is 5.35. The molecule has 0 atom stereocenters. The second-order valence-electron chi connectivity index (χ2n) is 5.61. The standard InChI is InChI=1S/C14H21BrN2O/c1-4-14(2)5-7-17(8-6-14)13(18)12-9-11(15)10-16(12)3/h9-10H,4-8H2,1-3H3. The molecule has 1 amide bonds. The van der Waals surface area contributed by atoms with Gasteiger partial charge in [0.25, 0.3) is 5.91 Å². The van der Waals surface area contributed by atoms with Crippen LogP contribution in [0.15, 0.2) is 16.7 Å². The summed E-state index contributed by atoms with van der Waals surface area (Å²) in [5.41, 5.74) is 1.19. The third-order valence-electron chi connectivity index (χ3n) is 4.30. The van der Waals surface area contributed by atoms with E-state index in [1.165, 1.54) is 6.42 Å². The van der Waals surface area contributed by atoms with E-state index >= 15 is 0 Å². The lowest BCUT2D eigenvalue weighted by Crippen LogP contribution is -2.42. The number of carbonyl (C=O) groups excluding carboxylic acids is 1. The minimum Gasteiger partial charge on any atom is -0.345 e.